The van der Waals surface area contributed by atoms with Crippen LogP contribution in [-0.2, 0) is 22.7 Å². The van der Waals surface area contributed by atoms with Crippen LogP contribution in [0.3, 0.4) is 0 Å². The molecule has 0 aromatic heterocycles. The lowest BCUT2D eigenvalue weighted by Crippen LogP contribution is -2.45. The summed E-state index contributed by atoms with van der Waals surface area (Å²) in [4.78, 5) is 18.0. The van der Waals surface area contributed by atoms with E-state index in [0.29, 0.717) is 24.4 Å². The smallest absolute Gasteiger partial charge is 0.367 e. The number of ether oxygens (including phenoxy) is 1. The number of nitrogens with one attached hydrogen (secondary N) is 2. The minimum atomic E-state index is -4.31. The third kappa shape index (κ3) is 9.50. The molecule has 1 aliphatic rings. The van der Waals surface area contributed by atoms with Crippen molar-refractivity contribution < 1.29 is 22.7 Å². The summed E-state index contributed by atoms with van der Waals surface area (Å²) in [6.07, 6.45) is -1.85. The molecule has 30 heavy (non-hydrogen) atoms. The van der Waals surface area contributed by atoms with Gasteiger partial charge in [0.1, 0.15) is 6.61 Å². The minimum absolute atomic E-state index is 0. The van der Waals surface area contributed by atoms with Gasteiger partial charge in [0.05, 0.1) is 6.61 Å². The van der Waals surface area contributed by atoms with Crippen LogP contribution in [0.15, 0.2) is 29.3 Å². The van der Waals surface area contributed by atoms with E-state index in [2.05, 4.69) is 25.3 Å². The lowest BCUT2D eigenvalue weighted by molar-refractivity contribution is -0.176. The largest absolute Gasteiger partial charge is 0.411 e. The van der Waals surface area contributed by atoms with Crippen LogP contribution < -0.4 is 10.6 Å². The molecule has 0 bridgehead atoms. The molecule has 0 spiro atoms. The van der Waals surface area contributed by atoms with Gasteiger partial charge in [0, 0.05) is 40.2 Å². The van der Waals surface area contributed by atoms with Gasteiger partial charge in [-0.25, -0.2) is 0 Å². The molecule has 1 aromatic carbocycles. The molecule has 2 N–H and O–H groups in total. The topological polar surface area (TPSA) is 66.0 Å². The van der Waals surface area contributed by atoms with Gasteiger partial charge in [0.15, 0.2) is 5.96 Å². The average Bonchev–Trinajstić information content (AvgIpc) is 2.69. The normalized spacial score (nSPS) is 15.5. The third-order valence-corrected chi connectivity index (χ3v) is 4.89. The number of guanidine groups is 1. The van der Waals surface area contributed by atoms with E-state index in [1.807, 2.05) is 12.1 Å². The number of carbonyl (C=O) groups is 1. The maximum atomic E-state index is 12.1. The SMILES string of the molecule is CN=C(NCc1ccc(COCC(F)(F)F)cc1)N1CCC(CC(=O)NC)CC1.I. The second-order valence-electron chi connectivity index (χ2n) is 7.13. The summed E-state index contributed by atoms with van der Waals surface area (Å²) in [5.74, 6) is 1.29. The number of piperidine rings is 1. The molecule has 10 heteroatoms. The maximum Gasteiger partial charge on any atom is 0.411 e. The number of halogens is 4. The Kier molecular flexibility index (Phi) is 11.5. The molecule has 1 aromatic rings. The first-order valence-electron chi connectivity index (χ1n) is 9.69. The van der Waals surface area contributed by atoms with Gasteiger partial charge >= 0.3 is 6.18 Å². The van der Waals surface area contributed by atoms with E-state index >= 15 is 0 Å². The van der Waals surface area contributed by atoms with Gasteiger partial charge in [-0.05, 0) is 29.9 Å². The van der Waals surface area contributed by atoms with Gasteiger partial charge in [-0.2, -0.15) is 13.2 Å². The Morgan fingerprint density at radius 3 is 2.33 bits per heavy atom. The summed E-state index contributed by atoms with van der Waals surface area (Å²) in [7, 11) is 3.39. The van der Waals surface area contributed by atoms with Crippen LogP contribution in [0.5, 0.6) is 0 Å². The van der Waals surface area contributed by atoms with Crippen LogP contribution in [0.4, 0.5) is 13.2 Å². The van der Waals surface area contributed by atoms with Crippen molar-refractivity contribution in [2.75, 3.05) is 33.8 Å². The molecule has 0 saturated carbocycles. The zero-order valence-electron chi connectivity index (χ0n) is 17.3. The average molecular weight is 542 g/mol. The highest BCUT2D eigenvalue weighted by atomic mass is 127. The maximum absolute atomic E-state index is 12.1. The molecule has 1 fully saturated rings. The fraction of sp³-hybridized carbons (Fsp3) is 0.600. The Morgan fingerprint density at radius 2 is 1.80 bits per heavy atom. The van der Waals surface area contributed by atoms with E-state index in [9.17, 15) is 18.0 Å². The summed E-state index contributed by atoms with van der Waals surface area (Å²) < 4.78 is 41.0. The highest BCUT2D eigenvalue weighted by Crippen LogP contribution is 2.20. The highest BCUT2D eigenvalue weighted by molar-refractivity contribution is 14.0. The van der Waals surface area contributed by atoms with Gasteiger partial charge in [-0.15, -0.1) is 24.0 Å². The summed E-state index contributed by atoms with van der Waals surface area (Å²) in [6.45, 7) is 0.939. The number of nitrogens with zero attached hydrogens (tertiary/aromatic N) is 2. The van der Waals surface area contributed by atoms with Crippen LogP contribution in [0.25, 0.3) is 0 Å². The highest BCUT2D eigenvalue weighted by Gasteiger charge is 2.27. The van der Waals surface area contributed by atoms with Gasteiger partial charge in [-0.1, -0.05) is 24.3 Å². The number of carbonyl (C=O) groups excluding carboxylic acids is 1. The molecule has 2 rings (SSSR count). The fourth-order valence-corrected chi connectivity index (χ4v) is 3.26. The number of benzene rings is 1. The second-order valence-corrected chi connectivity index (χ2v) is 7.13. The first-order chi connectivity index (χ1) is 13.8. The van der Waals surface area contributed by atoms with E-state index in [1.165, 1.54) is 0 Å². The van der Waals surface area contributed by atoms with Crippen LogP contribution in [0.1, 0.15) is 30.4 Å². The second kappa shape index (κ2) is 13.0. The molecule has 1 aliphatic heterocycles. The number of rotatable bonds is 7. The molecule has 1 heterocycles. The van der Waals surface area contributed by atoms with E-state index in [0.717, 1.165) is 37.5 Å². The van der Waals surface area contributed by atoms with Gasteiger partial charge in [-0.3, -0.25) is 9.79 Å². The standard InChI is InChI=1S/C20H29F3N4O2.HI/c1-24-18(28)11-15-7-9-27(10-8-15)19(25-2)26-12-16-3-5-17(6-4-16)13-29-14-20(21,22)23;/h3-6,15H,7-14H2,1-2H3,(H,24,28)(H,25,26);1H. The monoisotopic (exact) mass is 542 g/mol. The minimum Gasteiger partial charge on any atom is -0.367 e. The number of hydrogen-bond acceptors (Lipinski definition) is 3. The first-order valence-corrected chi connectivity index (χ1v) is 9.69. The van der Waals surface area contributed by atoms with Crippen molar-refractivity contribution in [3.05, 3.63) is 35.4 Å². The number of aliphatic imine (C=N–C) groups is 1. The molecular formula is C20H30F3IN4O2. The Bertz CT molecular complexity index is 676. The Hall–Kier alpha value is -1.56. The molecule has 1 amide bonds. The summed E-state index contributed by atoms with van der Waals surface area (Å²) in [5, 5.41) is 5.99. The number of amides is 1. The van der Waals surface area contributed by atoms with Crippen LogP contribution in [0, 0.1) is 5.92 Å². The van der Waals surface area contributed by atoms with Crippen LogP contribution in [-0.4, -0.2) is 56.7 Å². The lowest BCUT2D eigenvalue weighted by Gasteiger charge is -2.34. The Balaban J connectivity index is 0.00000450. The molecule has 0 radical (unpaired) electrons. The van der Waals surface area contributed by atoms with Gasteiger partial charge in [0.25, 0.3) is 0 Å². The third-order valence-electron chi connectivity index (χ3n) is 4.89. The van der Waals surface area contributed by atoms with Crippen molar-refractivity contribution in [2.45, 2.75) is 38.6 Å². The van der Waals surface area contributed by atoms with Crippen molar-refractivity contribution in [2.24, 2.45) is 10.9 Å². The molecular weight excluding hydrogens is 512 g/mol. The van der Waals surface area contributed by atoms with Gasteiger partial charge in [0.2, 0.25) is 5.91 Å². The summed E-state index contributed by atoms with van der Waals surface area (Å²) in [6, 6.07) is 7.26. The summed E-state index contributed by atoms with van der Waals surface area (Å²) >= 11 is 0. The Morgan fingerprint density at radius 1 is 1.20 bits per heavy atom. The van der Waals surface area contributed by atoms with E-state index in [-0.39, 0.29) is 36.5 Å². The van der Waals surface area contributed by atoms with E-state index in [4.69, 9.17) is 0 Å². The van der Waals surface area contributed by atoms with Crippen LogP contribution >= 0.6 is 24.0 Å². The fourth-order valence-electron chi connectivity index (χ4n) is 3.26. The van der Waals surface area contributed by atoms with Crippen molar-refractivity contribution in [1.82, 2.24) is 15.5 Å². The van der Waals surface area contributed by atoms with Crippen molar-refractivity contribution in [1.29, 1.82) is 0 Å². The predicted molar refractivity (Wildman–Crippen MR) is 121 cm³/mol. The number of likely N-dealkylation sites (tertiary alicyclic amines) is 1. The molecule has 0 atom stereocenters. The number of alkyl halides is 3. The molecule has 1 saturated heterocycles. The lowest BCUT2D eigenvalue weighted by atomic mass is 9.93. The van der Waals surface area contributed by atoms with Gasteiger partial charge < -0.3 is 20.3 Å². The molecule has 6 nitrogen and oxygen atoms in total. The van der Waals surface area contributed by atoms with Crippen LogP contribution in [0.2, 0.25) is 0 Å². The van der Waals surface area contributed by atoms with Crippen molar-refractivity contribution >= 4 is 35.8 Å². The van der Waals surface area contributed by atoms with E-state index < -0.39 is 12.8 Å². The predicted octanol–water partition coefficient (Wildman–Crippen LogP) is 3.31. The molecule has 0 unspecified atom stereocenters. The zero-order valence-corrected chi connectivity index (χ0v) is 19.6. The molecule has 0 aliphatic carbocycles. The summed E-state index contributed by atoms with van der Waals surface area (Å²) in [5.41, 5.74) is 1.70. The number of hydrogen-bond donors (Lipinski definition) is 2. The quantitative estimate of drug-likeness (QED) is 0.316. The first kappa shape index (κ1) is 26.5. The zero-order chi connectivity index (χ0) is 21.3. The van der Waals surface area contributed by atoms with Crippen molar-refractivity contribution in [3.63, 3.8) is 0 Å². The van der Waals surface area contributed by atoms with E-state index in [1.54, 1.807) is 26.2 Å². The Labute approximate surface area is 192 Å². The van der Waals surface area contributed by atoms with Crippen molar-refractivity contribution in [3.8, 4) is 0 Å². The molecule has 170 valence electrons.